The van der Waals surface area contributed by atoms with Crippen LogP contribution in [0.3, 0.4) is 0 Å². The second kappa shape index (κ2) is 25.4. The third kappa shape index (κ3) is 1410. The number of Topliss-reactive ketones (excluding diaryl/α,β-unsaturated/α-hetero) is 1. The molecule has 0 atom stereocenters. The van der Waals surface area contributed by atoms with Crippen molar-refractivity contribution < 1.29 is 57.8 Å². The second-order valence-electron chi connectivity index (χ2n) is 13.5. The molecule has 229 valence electrons. The minimum absolute atomic E-state index is 0. The molecule has 0 aromatic heterocycles. The molecular weight excluding hydrogens is 541 g/mol. The molecule has 8 heteroatoms. The second-order valence-corrected chi connectivity index (χ2v) is 13.5. The molecule has 0 aliphatic heterocycles. The summed E-state index contributed by atoms with van der Waals surface area (Å²) in [6.07, 6.45) is 0.243. The SMILES string of the molecule is C.C.CC(=O)CC(C)(C)O.CC(C)(C)O.CC(C)(C)O.CC(C)(C)O.CC(C)(C)O.CC(C)(C)O.[Nb]. The average Bonchev–Trinajstić information content (AvgIpc) is 2.09. The molecule has 0 saturated heterocycles. The largest absolute Gasteiger partial charge is 0.391 e. The van der Waals surface area contributed by atoms with Gasteiger partial charge < -0.3 is 30.6 Å². The van der Waals surface area contributed by atoms with E-state index in [9.17, 15) is 4.79 Å². The normalized spacial score (nSPS) is 10.9. The number of hydrogen-bond donors (Lipinski definition) is 6. The molecule has 6 N–H and O–H groups in total. The zero-order valence-corrected chi connectivity index (χ0v) is 27.9. The van der Waals surface area contributed by atoms with Gasteiger partial charge in [-0.25, -0.2) is 0 Å². The molecule has 0 aliphatic carbocycles. The fraction of sp³-hybridized carbons (Fsp3) is 0.964. The molecule has 0 aliphatic rings. The predicted molar refractivity (Wildman–Crippen MR) is 155 cm³/mol. The summed E-state index contributed by atoms with van der Waals surface area (Å²) in [6.45, 7) is 30.9. The van der Waals surface area contributed by atoms with Crippen LogP contribution in [0.15, 0.2) is 0 Å². The number of rotatable bonds is 2. The van der Waals surface area contributed by atoms with Crippen LogP contribution < -0.4 is 0 Å². The molecular formula is C28H70NbO7. The van der Waals surface area contributed by atoms with Crippen molar-refractivity contribution in [2.75, 3.05) is 0 Å². The van der Waals surface area contributed by atoms with E-state index in [0.717, 1.165) is 0 Å². The first kappa shape index (κ1) is 60.6. The monoisotopic (exact) mass is 611 g/mol. The number of carbonyl (C=O) groups excluding carboxylic acids is 1. The van der Waals surface area contributed by atoms with E-state index in [1.54, 1.807) is 118 Å². The van der Waals surface area contributed by atoms with Crippen LogP contribution in [0.25, 0.3) is 0 Å². The Hall–Kier alpha value is 0.170. The maximum absolute atomic E-state index is 10.3. The third-order valence-electron chi connectivity index (χ3n) is 0.682. The van der Waals surface area contributed by atoms with Gasteiger partial charge in [0.1, 0.15) is 5.78 Å². The van der Waals surface area contributed by atoms with E-state index < -0.39 is 33.6 Å². The minimum atomic E-state index is -0.828. The van der Waals surface area contributed by atoms with Gasteiger partial charge in [0, 0.05) is 28.8 Å². The molecule has 0 saturated carbocycles. The molecule has 0 heterocycles. The van der Waals surface area contributed by atoms with Gasteiger partial charge in [0.2, 0.25) is 0 Å². The van der Waals surface area contributed by atoms with Crippen molar-refractivity contribution >= 4 is 5.78 Å². The Labute approximate surface area is 242 Å². The first-order valence-electron chi connectivity index (χ1n) is 11.3. The zero-order valence-electron chi connectivity index (χ0n) is 25.7. The molecule has 0 amide bonds. The zero-order chi connectivity index (χ0) is 29.3. The molecule has 1 radical (unpaired) electrons. The van der Waals surface area contributed by atoms with Gasteiger partial charge in [0.15, 0.2) is 0 Å². The van der Waals surface area contributed by atoms with Gasteiger partial charge in [0.25, 0.3) is 0 Å². The standard InChI is InChI=1S/C6H12O2.5C4H10O.2CH4.Nb/c1-5(7)4-6(2,3)8;5*1-4(2,3)5;;;/h8H,4H2,1-3H3;5*5H,1-3H3;2*1H4;. The molecule has 0 unspecified atom stereocenters. The summed E-state index contributed by atoms with van der Waals surface area (Å²) in [5, 5.41) is 51.6. The Morgan fingerprint density at radius 3 is 0.528 bits per heavy atom. The van der Waals surface area contributed by atoms with E-state index in [0.29, 0.717) is 0 Å². The summed E-state index contributed by atoms with van der Waals surface area (Å²) in [4.78, 5) is 10.3. The van der Waals surface area contributed by atoms with Crippen molar-refractivity contribution in [2.45, 2.75) is 180 Å². The third-order valence-corrected chi connectivity index (χ3v) is 0.682. The smallest absolute Gasteiger partial charge is 0.132 e. The molecule has 36 heavy (non-hydrogen) atoms. The molecule has 7 nitrogen and oxygen atoms in total. The number of carbonyl (C=O) groups is 1. The summed E-state index contributed by atoms with van der Waals surface area (Å²) >= 11 is 0. The maximum Gasteiger partial charge on any atom is 0.132 e. The van der Waals surface area contributed by atoms with Crippen LogP contribution in [0.4, 0.5) is 0 Å². The van der Waals surface area contributed by atoms with E-state index in [1.165, 1.54) is 6.92 Å². The molecule has 0 fully saturated rings. The van der Waals surface area contributed by atoms with Crippen molar-refractivity contribution in [3.05, 3.63) is 0 Å². The van der Waals surface area contributed by atoms with Crippen molar-refractivity contribution in [3.63, 3.8) is 0 Å². The van der Waals surface area contributed by atoms with Crippen LogP contribution in [0.1, 0.15) is 146 Å². The van der Waals surface area contributed by atoms with Gasteiger partial charge in [-0.3, -0.25) is 4.79 Å². The van der Waals surface area contributed by atoms with Crippen LogP contribution in [0, 0.1) is 0 Å². The fourth-order valence-corrected chi connectivity index (χ4v) is 0.609. The van der Waals surface area contributed by atoms with Gasteiger partial charge in [-0.15, -0.1) is 0 Å². The van der Waals surface area contributed by atoms with Crippen molar-refractivity contribution in [1.82, 2.24) is 0 Å². The van der Waals surface area contributed by atoms with Crippen LogP contribution in [-0.2, 0) is 27.2 Å². The Morgan fingerprint density at radius 1 is 0.444 bits per heavy atom. The van der Waals surface area contributed by atoms with E-state index in [4.69, 9.17) is 30.6 Å². The van der Waals surface area contributed by atoms with E-state index in [2.05, 4.69) is 0 Å². The summed E-state index contributed by atoms with van der Waals surface area (Å²) < 4.78 is 0. The van der Waals surface area contributed by atoms with Crippen LogP contribution in [0.5, 0.6) is 0 Å². The van der Waals surface area contributed by atoms with Gasteiger partial charge in [-0.1, -0.05) is 14.9 Å². The van der Waals surface area contributed by atoms with Crippen molar-refractivity contribution in [1.29, 1.82) is 0 Å². The number of hydrogen-bond acceptors (Lipinski definition) is 7. The van der Waals surface area contributed by atoms with E-state index >= 15 is 0 Å². The Balaban J connectivity index is -0.0000000345. The topological polar surface area (TPSA) is 138 Å². The first-order chi connectivity index (χ1) is 13.4. The van der Waals surface area contributed by atoms with Crippen molar-refractivity contribution in [3.8, 4) is 0 Å². The summed E-state index contributed by atoms with van der Waals surface area (Å²) in [7, 11) is 0. The summed E-state index contributed by atoms with van der Waals surface area (Å²) in [5.74, 6) is 0.0255. The number of ketones is 1. The maximum atomic E-state index is 10.3. The summed E-state index contributed by atoms with van der Waals surface area (Å²) in [5.41, 5.74) is -3.33. The fourth-order valence-electron chi connectivity index (χ4n) is 0.609. The Kier molecular flexibility index (Phi) is 42.8. The van der Waals surface area contributed by atoms with Gasteiger partial charge in [-0.2, -0.15) is 0 Å². The minimum Gasteiger partial charge on any atom is -0.391 e. The molecule has 0 aromatic carbocycles. The van der Waals surface area contributed by atoms with Gasteiger partial charge >= 0.3 is 0 Å². The van der Waals surface area contributed by atoms with Gasteiger partial charge in [-0.05, 0) is 125 Å². The van der Waals surface area contributed by atoms with E-state index in [1.807, 2.05) is 0 Å². The Morgan fingerprint density at radius 2 is 0.528 bits per heavy atom. The van der Waals surface area contributed by atoms with Crippen LogP contribution >= 0.6 is 0 Å². The molecule has 0 rings (SSSR count). The predicted octanol–water partition coefficient (Wildman–Crippen LogP) is 5.89. The first-order valence-corrected chi connectivity index (χ1v) is 11.3. The molecule has 0 spiro atoms. The quantitative estimate of drug-likeness (QED) is 0.214. The van der Waals surface area contributed by atoms with Gasteiger partial charge in [0.05, 0.1) is 33.6 Å². The van der Waals surface area contributed by atoms with Crippen LogP contribution in [0.2, 0.25) is 0 Å². The summed E-state index contributed by atoms with van der Waals surface area (Å²) in [6, 6.07) is 0. The van der Waals surface area contributed by atoms with Crippen molar-refractivity contribution in [2.24, 2.45) is 0 Å². The number of aliphatic hydroxyl groups is 6. The molecule has 0 aromatic rings. The molecule has 0 bridgehead atoms. The van der Waals surface area contributed by atoms with Crippen LogP contribution in [-0.4, -0.2) is 70.0 Å². The van der Waals surface area contributed by atoms with E-state index in [-0.39, 0.29) is 49.4 Å². The Bertz CT molecular complexity index is 338. The average molecular weight is 612 g/mol.